The van der Waals surface area contributed by atoms with E-state index in [0.29, 0.717) is 6.54 Å². The van der Waals surface area contributed by atoms with E-state index in [0.717, 1.165) is 52.0 Å². The zero-order chi connectivity index (χ0) is 11.8. The fourth-order valence-electron chi connectivity index (χ4n) is 2.00. The number of carboxylic acid groups (broad SMARTS) is 1. The van der Waals surface area contributed by atoms with Crippen LogP contribution in [0, 0.1) is 5.92 Å². The second kappa shape index (κ2) is 7.63. The summed E-state index contributed by atoms with van der Waals surface area (Å²) in [7, 11) is 0. The second-order valence-corrected chi connectivity index (χ2v) is 4.44. The Bertz CT molecular complexity index is 208. The fourth-order valence-corrected chi connectivity index (χ4v) is 2.00. The second-order valence-electron chi connectivity index (χ2n) is 4.44. The minimum absolute atomic E-state index is 0.176. The van der Waals surface area contributed by atoms with Gasteiger partial charge in [0.05, 0.1) is 12.5 Å². The molecule has 4 heteroatoms. The average molecular weight is 229 g/mol. The zero-order valence-electron chi connectivity index (χ0n) is 10.2. The molecular formula is C12H23NO3. The van der Waals surface area contributed by atoms with E-state index in [2.05, 4.69) is 11.8 Å². The standard InChI is InChI=1S/C12H23NO3/c1-2-3-8-16-9-7-13-6-4-5-11(10-13)12(14)15/h11H,2-10H2,1H3,(H,14,15). The molecule has 0 radical (unpaired) electrons. The summed E-state index contributed by atoms with van der Waals surface area (Å²) in [6, 6.07) is 0. The van der Waals surface area contributed by atoms with Gasteiger partial charge < -0.3 is 14.7 Å². The van der Waals surface area contributed by atoms with Crippen molar-refractivity contribution in [1.82, 2.24) is 4.90 Å². The van der Waals surface area contributed by atoms with Crippen LogP contribution >= 0.6 is 0 Å². The lowest BCUT2D eigenvalue weighted by Crippen LogP contribution is -2.40. The number of nitrogens with zero attached hydrogens (tertiary/aromatic N) is 1. The number of piperidine rings is 1. The van der Waals surface area contributed by atoms with Crippen LogP contribution in [0.2, 0.25) is 0 Å². The van der Waals surface area contributed by atoms with E-state index in [9.17, 15) is 4.79 Å². The molecule has 0 aromatic heterocycles. The molecule has 1 atom stereocenters. The smallest absolute Gasteiger partial charge is 0.307 e. The number of hydrogen-bond acceptors (Lipinski definition) is 3. The Morgan fingerprint density at radius 2 is 2.31 bits per heavy atom. The number of unbranched alkanes of at least 4 members (excludes halogenated alkanes) is 1. The van der Waals surface area contributed by atoms with Crippen LogP contribution in [-0.4, -0.2) is 48.8 Å². The summed E-state index contributed by atoms with van der Waals surface area (Å²) in [5.74, 6) is -0.832. The largest absolute Gasteiger partial charge is 0.481 e. The number of rotatable bonds is 7. The molecule has 0 amide bonds. The molecule has 1 fully saturated rings. The van der Waals surface area contributed by atoms with E-state index in [1.807, 2.05) is 0 Å². The number of carbonyl (C=O) groups is 1. The first-order chi connectivity index (χ1) is 7.74. The molecule has 0 saturated carbocycles. The molecule has 16 heavy (non-hydrogen) atoms. The van der Waals surface area contributed by atoms with Crippen LogP contribution in [0.3, 0.4) is 0 Å². The van der Waals surface area contributed by atoms with Crippen LogP contribution in [0.1, 0.15) is 32.6 Å². The van der Waals surface area contributed by atoms with Crippen LogP contribution in [-0.2, 0) is 9.53 Å². The molecule has 4 nitrogen and oxygen atoms in total. The van der Waals surface area contributed by atoms with Crippen LogP contribution in [0.5, 0.6) is 0 Å². The number of ether oxygens (including phenoxy) is 1. The van der Waals surface area contributed by atoms with Gasteiger partial charge in [-0.05, 0) is 25.8 Å². The minimum Gasteiger partial charge on any atom is -0.481 e. The highest BCUT2D eigenvalue weighted by Crippen LogP contribution is 2.16. The number of aliphatic carboxylic acids is 1. The summed E-state index contributed by atoms with van der Waals surface area (Å²) >= 11 is 0. The molecule has 0 bridgehead atoms. The normalized spacial score (nSPS) is 22.2. The van der Waals surface area contributed by atoms with Crippen molar-refractivity contribution in [2.45, 2.75) is 32.6 Å². The zero-order valence-corrected chi connectivity index (χ0v) is 10.2. The summed E-state index contributed by atoms with van der Waals surface area (Å²) in [5, 5.41) is 8.94. The molecule has 1 saturated heterocycles. The molecule has 1 rings (SSSR count). The first kappa shape index (κ1) is 13.5. The third kappa shape index (κ3) is 4.94. The Labute approximate surface area is 97.6 Å². The van der Waals surface area contributed by atoms with Gasteiger partial charge in [0.2, 0.25) is 0 Å². The number of carboxylic acids is 1. The summed E-state index contributed by atoms with van der Waals surface area (Å²) < 4.78 is 5.48. The number of likely N-dealkylation sites (tertiary alicyclic amines) is 1. The summed E-state index contributed by atoms with van der Waals surface area (Å²) in [5.41, 5.74) is 0. The maximum absolute atomic E-state index is 10.9. The third-order valence-electron chi connectivity index (χ3n) is 3.05. The van der Waals surface area contributed by atoms with Crippen molar-refractivity contribution in [2.24, 2.45) is 5.92 Å². The maximum atomic E-state index is 10.9. The van der Waals surface area contributed by atoms with Crippen molar-refractivity contribution >= 4 is 5.97 Å². The van der Waals surface area contributed by atoms with Gasteiger partial charge >= 0.3 is 5.97 Å². The van der Waals surface area contributed by atoms with Crippen molar-refractivity contribution in [3.8, 4) is 0 Å². The molecule has 1 unspecified atom stereocenters. The first-order valence-corrected chi connectivity index (χ1v) is 6.27. The maximum Gasteiger partial charge on any atom is 0.307 e. The highest BCUT2D eigenvalue weighted by atomic mass is 16.5. The van der Waals surface area contributed by atoms with Gasteiger partial charge in [0.1, 0.15) is 0 Å². The topological polar surface area (TPSA) is 49.8 Å². The SMILES string of the molecule is CCCCOCCN1CCCC(C(=O)O)C1. The first-order valence-electron chi connectivity index (χ1n) is 6.27. The Balaban J connectivity index is 2.10. The van der Waals surface area contributed by atoms with E-state index in [-0.39, 0.29) is 5.92 Å². The number of hydrogen-bond donors (Lipinski definition) is 1. The van der Waals surface area contributed by atoms with Crippen molar-refractivity contribution in [3.63, 3.8) is 0 Å². The summed E-state index contributed by atoms with van der Waals surface area (Å²) in [4.78, 5) is 13.1. The van der Waals surface area contributed by atoms with Gasteiger partial charge in [0.25, 0.3) is 0 Å². The van der Waals surface area contributed by atoms with Crippen LogP contribution in [0.25, 0.3) is 0 Å². The predicted octanol–water partition coefficient (Wildman–Crippen LogP) is 1.60. The van der Waals surface area contributed by atoms with Crippen molar-refractivity contribution < 1.29 is 14.6 Å². The Morgan fingerprint density at radius 1 is 1.50 bits per heavy atom. The van der Waals surface area contributed by atoms with E-state index < -0.39 is 5.97 Å². The fraction of sp³-hybridized carbons (Fsp3) is 0.917. The predicted molar refractivity (Wildman–Crippen MR) is 62.5 cm³/mol. The molecule has 0 aromatic carbocycles. The lowest BCUT2D eigenvalue weighted by molar-refractivity contribution is -0.143. The highest BCUT2D eigenvalue weighted by Gasteiger charge is 2.24. The molecule has 1 aliphatic heterocycles. The molecule has 1 N–H and O–H groups in total. The lowest BCUT2D eigenvalue weighted by atomic mass is 9.98. The summed E-state index contributed by atoms with van der Waals surface area (Å²) in [6.45, 7) is 6.27. The van der Waals surface area contributed by atoms with Gasteiger partial charge in [-0.1, -0.05) is 13.3 Å². The summed E-state index contributed by atoms with van der Waals surface area (Å²) in [6.07, 6.45) is 4.08. The van der Waals surface area contributed by atoms with Gasteiger partial charge in [-0.2, -0.15) is 0 Å². The van der Waals surface area contributed by atoms with Crippen molar-refractivity contribution in [2.75, 3.05) is 32.8 Å². The van der Waals surface area contributed by atoms with Gasteiger partial charge in [0, 0.05) is 19.7 Å². The van der Waals surface area contributed by atoms with Crippen LogP contribution in [0.15, 0.2) is 0 Å². The molecule has 1 heterocycles. The molecule has 0 aromatic rings. The van der Waals surface area contributed by atoms with E-state index in [1.54, 1.807) is 0 Å². The van der Waals surface area contributed by atoms with Crippen LogP contribution in [0.4, 0.5) is 0 Å². The van der Waals surface area contributed by atoms with Gasteiger partial charge in [0.15, 0.2) is 0 Å². The minimum atomic E-state index is -0.656. The van der Waals surface area contributed by atoms with Crippen LogP contribution < -0.4 is 0 Å². The Kier molecular flexibility index (Phi) is 6.42. The van der Waals surface area contributed by atoms with Crippen molar-refractivity contribution in [1.29, 1.82) is 0 Å². The Hall–Kier alpha value is -0.610. The molecular weight excluding hydrogens is 206 g/mol. The molecule has 0 spiro atoms. The molecule has 1 aliphatic rings. The average Bonchev–Trinajstić information content (AvgIpc) is 2.29. The quantitative estimate of drug-likeness (QED) is 0.674. The van der Waals surface area contributed by atoms with Gasteiger partial charge in [-0.15, -0.1) is 0 Å². The van der Waals surface area contributed by atoms with E-state index in [4.69, 9.17) is 9.84 Å². The molecule has 0 aliphatic carbocycles. The highest BCUT2D eigenvalue weighted by molar-refractivity contribution is 5.70. The van der Waals surface area contributed by atoms with Gasteiger partial charge in [-0.25, -0.2) is 0 Å². The lowest BCUT2D eigenvalue weighted by Gasteiger charge is -2.30. The monoisotopic (exact) mass is 229 g/mol. The molecule has 94 valence electrons. The van der Waals surface area contributed by atoms with Gasteiger partial charge in [-0.3, -0.25) is 4.79 Å². The van der Waals surface area contributed by atoms with Crippen molar-refractivity contribution in [3.05, 3.63) is 0 Å². The van der Waals surface area contributed by atoms with E-state index in [1.165, 1.54) is 0 Å². The van der Waals surface area contributed by atoms with E-state index >= 15 is 0 Å². The Morgan fingerprint density at radius 3 is 3.00 bits per heavy atom. The third-order valence-corrected chi connectivity index (χ3v) is 3.05.